The fraction of sp³-hybridized carbons (Fsp3) is 0.412. The number of carbonyl (C=O) groups is 4. The molecule has 1 aliphatic heterocycles. The number of urea groups is 1. The molecule has 0 radical (unpaired) electrons. The number of hydrogen-bond donors (Lipinski definition) is 3. The first-order valence-electron chi connectivity index (χ1n) is 8.00. The van der Waals surface area contributed by atoms with Crippen molar-refractivity contribution in [2.75, 3.05) is 17.2 Å². The van der Waals surface area contributed by atoms with Crippen molar-refractivity contribution in [2.24, 2.45) is 0 Å². The summed E-state index contributed by atoms with van der Waals surface area (Å²) >= 11 is 0. The highest BCUT2D eigenvalue weighted by Gasteiger charge is 2.43. The minimum absolute atomic E-state index is 0.166. The molecule has 1 saturated heterocycles. The maximum absolute atomic E-state index is 12.0. The summed E-state index contributed by atoms with van der Waals surface area (Å²) in [5.41, 5.74) is 0.358. The van der Waals surface area contributed by atoms with Gasteiger partial charge in [-0.3, -0.25) is 19.3 Å². The number of benzene rings is 1. The third kappa shape index (κ3) is 4.79. The van der Waals surface area contributed by atoms with E-state index in [1.54, 1.807) is 38.1 Å². The van der Waals surface area contributed by atoms with E-state index < -0.39 is 11.6 Å². The normalized spacial score (nSPS) is 15.7. The number of nitrogens with one attached hydrogen (secondary N) is 3. The van der Waals surface area contributed by atoms with Gasteiger partial charge in [0.25, 0.3) is 5.91 Å². The van der Waals surface area contributed by atoms with Gasteiger partial charge < -0.3 is 16.0 Å². The Balaban J connectivity index is 1.78. The molecule has 1 aromatic rings. The maximum atomic E-state index is 12.0. The van der Waals surface area contributed by atoms with E-state index in [0.717, 1.165) is 4.90 Å². The van der Waals surface area contributed by atoms with Crippen molar-refractivity contribution in [3.8, 4) is 0 Å². The molecule has 1 aliphatic rings. The Bertz CT molecular complexity index is 697. The first-order valence-corrected chi connectivity index (χ1v) is 8.00. The zero-order valence-electron chi connectivity index (χ0n) is 14.5. The first-order chi connectivity index (χ1) is 11.7. The number of imide groups is 1. The van der Waals surface area contributed by atoms with Crippen LogP contribution >= 0.6 is 0 Å². The highest BCUT2D eigenvalue weighted by molar-refractivity contribution is 6.06. The number of amides is 5. The fourth-order valence-electron chi connectivity index (χ4n) is 2.48. The topological polar surface area (TPSA) is 108 Å². The number of nitrogens with zero attached hydrogens (tertiary/aromatic N) is 1. The molecular weight excluding hydrogens is 324 g/mol. The van der Waals surface area contributed by atoms with Crippen molar-refractivity contribution in [1.29, 1.82) is 0 Å². The molecule has 0 aromatic heterocycles. The van der Waals surface area contributed by atoms with Crippen molar-refractivity contribution >= 4 is 35.1 Å². The van der Waals surface area contributed by atoms with Gasteiger partial charge in [-0.1, -0.05) is 0 Å². The number of rotatable bonds is 6. The van der Waals surface area contributed by atoms with Crippen LogP contribution in [0.25, 0.3) is 0 Å². The van der Waals surface area contributed by atoms with E-state index in [4.69, 9.17) is 0 Å². The van der Waals surface area contributed by atoms with Gasteiger partial charge in [-0.15, -0.1) is 0 Å². The molecule has 8 nitrogen and oxygen atoms in total. The molecule has 0 saturated carbocycles. The summed E-state index contributed by atoms with van der Waals surface area (Å²) in [5.74, 6) is -0.662. The molecule has 0 aliphatic carbocycles. The second-order valence-corrected chi connectivity index (χ2v) is 6.42. The molecule has 5 amide bonds. The molecule has 0 atom stereocenters. The van der Waals surface area contributed by atoms with E-state index in [0.29, 0.717) is 17.8 Å². The summed E-state index contributed by atoms with van der Waals surface area (Å²) in [5, 5.41) is 7.97. The lowest BCUT2D eigenvalue weighted by atomic mass is 10.1. The molecule has 1 aromatic carbocycles. The van der Waals surface area contributed by atoms with Crippen LogP contribution in [-0.4, -0.2) is 40.7 Å². The third-order valence-electron chi connectivity index (χ3n) is 3.72. The van der Waals surface area contributed by atoms with Crippen molar-refractivity contribution in [3.05, 3.63) is 24.3 Å². The molecule has 3 N–H and O–H groups in total. The minimum Gasteiger partial charge on any atom is -0.326 e. The molecule has 0 spiro atoms. The average Bonchev–Trinajstić information content (AvgIpc) is 2.70. The molecule has 0 unspecified atom stereocenters. The molecule has 134 valence electrons. The van der Waals surface area contributed by atoms with Gasteiger partial charge in [-0.05, 0) is 44.5 Å². The summed E-state index contributed by atoms with van der Waals surface area (Å²) in [4.78, 5) is 47.8. The van der Waals surface area contributed by atoms with E-state index >= 15 is 0 Å². The van der Waals surface area contributed by atoms with Crippen molar-refractivity contribution in [2.45, 2.75) is 39.2 Å². The number of anilines is 2. The van der Waals surface area contributed by atoms with Crippen molar-refractivity contribution in [3.63, 3.8) is 0 Å². The smallest absolute Gasteiger partial charge is 0.325 e. The highest BCUT2D eigenvalue weighted by Crippen LogP contribution is 2.17. The Morgan fingerprint density at radius 2 is 1.64 bits per heavy atom. The fourth-order valence-corrected chi connectivity index (χ4v) is 2.48. The van der Waals surface area contributed by atoms with E-state index in [1.165, 1.54) is 6.92 Å². The lowest BCUT2D eigenvalue weighted by Crippen LogP contribution is -2.40. The minimum atomic E-state index is -0.894. The Labute approximate surface area is 145 Å². The summed E-state index contributed by atoms with van der Waals surface area (Å²) in [6, 6.07) is 6.31. The summed E-state index contributed by atoms with van der Waals surface area (Å²) < 4.78 is 0. The number of carbonyl (C=O) groups excluding carboxylic acids is 4. The Hall–Kier alpha value is -2.90. The second-order valence-electron chi connectivity index (χ2n) is 6.42. The molecule has 1 fully saturated rings. The van der Waals surface area contributed by atoms with Crippen LogP contribution in [0, 0.1) is 0 Å². The van der Waals surface area contributed by atoms with Gasteiger partial charge in [0.15, 0.2) is 0 Å². The summed E-state index contributed by atoms with van der Waals surface area (Å²) in [6.45, 7) is 4.90. The monoisotopic (exact) mass is 346 g/mol. The second kappa shape index (κ2) is 7.33. The zero-order chi connectivity index (χ0) is 18.6. The number of hydrogen-bond acceptors (Lipinski definition) is 4. The van der Waals surface area contributed by atoms with E-state index in [9.17, 15) is 19.2 Å². The largest absolute Gasteiger partial charge is 0.326 e. The standard InChI is InChI=1S/C17H22N4O4/c1-11(22)18-12-6-8-13(9-7-12)19-14(23)5-4-10-21-15(24)17(2,3)20-16(21)25/h6-9H,4-5,10H2,1-3H3,(H,18,22)(H,19,23)(H,20,25). The average molecular weight is 346 g/mol. The van der Waals surface area contributed by atoms with E-state index in [2.05, 4.69) is 16.0 Å². The first kappa shape index (κ1) is 18.4. The Kier molecular flexibility index (Phi) is 5.41. The van der Waals surface area contributed by atoms with Crippen LogP contribution in [0.4, 0.5) is 16.2 Å². The van der Waals surface area contributed by atoms with Crippen LogP contribution in [0.2, 0.25) is 0 Å². The lowest BCUT2D eigenvalue weighted by molar-refractivity contribution is -0.130. The van der Waals surface area contributed by atoms with Crippen LogP contribution in [0.3, 0.4) is 0 Å². The Morgan fingerprint density at radius 3 is 2.12 bits per heavy atom. The third-order valence-corrected chi connectivity index (χ3v) is 3.72. The van der Waals surface area contributed by atoms with Gasteiger partial charge in [0.1, 0.15) is 5.54 Å². The van der Waals surface area contributed by atoms with Gasteiger partial charge >= 0.3 is 6.03 Å². The van der Waals surface area contributed by atoms with Crippen LogP contribution in [0.15, 0.2) is 24.3 Å². The van der Waals surface area contributed by atoms with Crippen molar-refractivity contribution < 1.29 is 19.2 Å². The Morgan fingerprint density at radius 1 is 1.08 bits per heavy atom. The molecule has 1 heterocycles. The quantitative estimate of drug-likeness (QED) is 0.681. The molecule has 2 rings (SSSR count). The predicted octanol–water partition coefficient (Wildman–Crippen LogP) is 1.69. The highest BCUT2D eigenvalue weighted by atomic mass is 16.2. The molecule has 0 bridgehead atoms. The van der Waals surface area contributed by atoms with Crippen LogP contribution in [0.5, 0.6) is 0 Å². The van der Waals surface area contributed by atoms with Gasteiger partial charge in [0.05, 0.1) is 0 Å². The zero-order valence-corrected chi connectivity index (χ0v) is 14.5. The molecular formula is C17H22N4O4. The van der Waals surface area contributed by atoms with Crippen LogP contribution in [0.1, 0.15) is 33.6 Å². The maximum Gasteiger partial charge on any atom is 0.325 e. The molecule has 25 heavy (non-hydrogen) atoms. The lowest BCUT2D eigenvalue weighted by Gasteiger charge is -2.15. The van der Waals surface area contributed by atoms with E-state index in [-0.39, 0.29) is 30.7 Å². The van der Waals surface area contributed by atoms with Crippen LogP contribution < -0.4 is 16.0 Å². The van der Waals surface area contributed by atoms with Crippen LogP contribution in [-0.2, 0) is 14.4 Å². The summed E-state index contributed by atoms with van der Waals surface area (Å²) in [7, 11) is 0. The predicted molar refractivity (Wildman–Crippen MR) is 92.9 cm³/mol. The van der Waals surface area contributed by atoms with Gasteiger partial charge in [-0.2, -0.15) is 0 Å². The SMILES string of the molecule is CC(=O)Nc1ccc(NC(=O)CCCN2C(=O)NC(C)(C)C2=O)cc1. The van der Waals surface area contributed by atoms with Gasteiger partial charge in [0.2, 0.25) is 11.8 Å². The van der Waals surface area contributed by atoms with Crippen molar-refractivity contribution in [1.82, 2.24) is 10.2 Å². The summed E-state index contributed by atoms with van der Waals surface area (Å²) in [6.07, 6.45) is 0.565. The molecule has 8 heteroatoms. The van der Waals surface area contributed by atoms with Gasteiger partial charge in [-0.25, -0.2) is 4.79 Å². The van der Waals surface area contributed by atoms with Gasteiger partial charge in [0, 0.05) is 31.3 Å². The van der Waals surface area contributed by atoms with E-state index in [1.807, 2.05) is 0 Å².